The molecule has 0 aliphatic carbocycles. The Hall–Kier alpha value is -2.78. The molecule has 1 aliphatic rings. The minimum Gasteiger partial charge on any atom is -0.497 e. The van der Waals surface area contributed by atoms with Crippen LogP contribution in [0.3, 0.4) is 0 Å². The molecule has 2 heterocycles. The molecule has 3 aromatic rings. The zero-order chi connectivity index (χ0) is 23.1. The van der Waals surface area contributed by atoms with E-state index in [1.54, 1.807) is 37.6 Å². The van der Waals surface area contributed by atoms with Crippen molar-refractivity contribution in [3.05, 3.63) is 90.3 Å². The van der Waals surface area contributed by atoms with Gasteiger partial charge < -0.3 is 4.74 Å². The van der Waals surface area contributed by atoms with Gasteiger partial charge in [0.1, 0.15) is 5.75 Å². The fourth-order valence-corrected chi connectivity index (χ4v) is 5.17. The molecule has 1 atom stereocenters. The lowest BCUT2D eigenvalue weighted by molar-refractivity contribution is 0.0927. The number of rotatable bonds is 9. The maximum atomic E-state index is 12.9. The normalized spacial score (nSPS) is 16.4. The molecular formula is C25H30N4O3S. The first-order valence-corrected chi connectivity index (χ1v) is 12.6. The van der Waals surface area contributed by atoms with E-state index in [1.165, 1.54) is 5.56 Å². The number of piperazine rings is 1. The van der Waals surface area contributed by atoms with Crippen molar-refractivity contribution in [2.75, 3.05) is 39.8 Å². The number of hydrogen-bond donors (Lipinski definition) is 1. The van der Waals surface area contributed by atoms with Gasteiger partial charge >= 0.3 is 0 Å². The maximum Gasteiger partial charge on any atom is 0.240 e. The van der Waals surface area contributed by atoms with E-state index in [0.29, 0.717) is 5.75 Å². The maximum absolute atomic E-state index is 12.9. The average molecular weight is 467 g/mol. The quantitative estimate of drug-likeness (QED) is 0.523. The van der Waals surface area contributed by atoms with Crippen molar-refractivity contribution in [3.63, 3.8) is 0 Å². The summed E-state index contributed by atoms with van der Waals surface area (Å²) in [6.45, 7) is 4.77. The number of methoxy groups -OCH3 is 1. The van der Waals surface area contributed by atoms with Gasteiger partial charge in [-0.15, -0.1) is 0 Å². The lowest BCUT2D eigenvalue weighted by Gasteiger charge is -2.39. The Morgan fingerprint density at radius 1 is 0.970 bits per heavy atom. The predicted molar refractivity (Wildman–Crippen MR) is 128 cm³/mol. The van der Waals surface area contributed by atoms with Crippen molar-refractivity contribution >= 4 is 10.0 Å². The van der Waals surface area contributed by atoms with E-state index in [1.807, 2.05) is 24.4 Å². The summed E-state index contributed by atoms with van der Waals surface area (Å²) in [6.07, 6.45) is 3.56. The van der Waals surface area contributed by atoms with Crippen molar-refractivity contribution in [2.24, 2.45) is 0 Å². The van der Waals surface area contributed by atoms with Crippen LogP contribution in [0.5, 0.6) is 5.75 Å². The number of ether oxygens (including phenoxy) is 1. The van der Waals surface area contributed by atoms with Gasteiger partial charge in [0.05, 0.1) is 12.0 Å². The molecule has 1 saturated heterocycles. The molecule has 0 saturated carbocycles. The molecule has 1 aromatic heterocycles. The van der Waals surface area contributed by atoms with E-state index in [-0.39, 0.29) is 17.5 Å². The minimum atomic E-state index is -3.64. The van der Waals surface area contributed by atoms with Crippen LogP contribution in [0.4, 0.5) is 0 Å². The van der Waals surface area contributed by atoms with E-state index < -0.39 is 10.0 Å². The highest BCUT2D eigenvalue weighted by Crippen LogP contribution is 2.23. The minimum absolute atomic E-state index is 0.0920. The highest BCUT2D eigenvalue weighted by atomic mass is 32.2. The largest absolute Gasteiger partial charge is 0.497 e. The molecule has 7 nitrogen and oxygen atoms in total. The fourth-order valence-electron chi connectivity index (χ4n) is 4.13. The number of pyridine rings is 1. The number of aromatic nitrogens is 1. The Kier molecular flexibility index (Phi) is 7.72. The van der Waals surface area contributed by atoms with Gasteiger partial charge in [-0.1, -0.05) is 36.4 Å². The molecule has 0 radical (unpaired) electrons. The molecular weight excluding hydrogens is 436 g/mol. The topological polar surface area (TPSA) is 74.8 Å². The molecule has 1 aliphatic heterocycles. The zero-order valence-electron chi connectivity index (χ0n) is 18.8. The molecule has 33 heavy (non-hydrogen) atoms. The van der Waals surface area contributed by atoms with Crippen molar-refractivity contribution < 1.29 is 13.2 Å². The number of hydrogen-bond acceptors (Lipinski definition) is 6. The van der Waals surface area contributed by atoms with Crippen LogP contribution in [0.1, 0.15) is 17.2 Å². The van der Waals surface area contributed by atoms with Gasteiger partial charge in [0.25, 0.3) is 0 Å². The number of sulfonamides is 1. The Labute approximate surface area is 196 Å². The summed E-state index contributed by atoms with van der Waals surface area (Å²) >= 11 is 0. The number of benzene rings is 2. The molecule has 1 fully saturated rings. The first kappa shape index (κ1) is 23.4. The van der Waals surface area contributed by atoms with Crippen molar-refractivity contribution in [2.45, 2.75) is 17.5 Å². The van der Waals surface area contributed by atoms with Crippen LogP contribution in [-0.4, -0.2) is 63.0 Å². The second-order valence-corrected chi connectivity index (χ2v) is 9.89. The van der Waals surface area contributed by atoms with Crippen LogP contribution in [0.15, 0.2) is 84.0 Å². The monoisotopic (exact) mass is 466 g/mol. The fraction of sp³-hybridized carbons (Fsp3) is 0.320. The summed E-state index contributed by atoms with van der Waals surface area (Å²) in [4.78, 5) is 9.27. The summed E-state index contributed by atoms with van der Waals surface area (Å²) in [5, 5.41) is 0. The van der Waals surface area contributed by atoms with E-state index >= 15 is 0 Å². The van der Waals surface area contributed by atoms with Crippen LogP contribution < -0.4 is 9.46 Å². The first-order valence-electron chi connectivity index (χ1n) is 11.1. The van der Waals surface area contributed by atoms with Crippen LogP contribution in [0, 0.1) is 0 Å². The SMILES string of the molecule is COc1ccc(S(=O)(=O)NC[C@@H](c2cccnc2)N2CCN(Cc3ccccc3)CC2)cc1. The van der Waals surface area contributed by atoms with Crippen molar-refractivity contribution in [1.29, 1.82) is 0 Å². The second kappa shape index (κ2) is 10.9. The van der Waals surface area contributed by atoms with Crippen LogP contribution in [0.2, 0.25) is 0 Å². The van der Waals surface area contributed by atoms with Gasteiger partial charge in [-0.05, 0) is 41.5 Å². The van der Waals surface area contributed by atoms with Gasteiger partial charge in [0.15, 0.2) is 0 Å². The summed E-state index contributed by atoms with van der Waals surface area (Å²) in [6, 6.07) is 20.7. The zero-order valence-corrected chi connectivity index (χ0v) is 19.6. The van der Waals surface area contributed by atoms with Crippen LogP contribution in [-0.2, 0) is 16.6 Å². The molecule has 1 N–H and O–H groups in total. The number of nitrogens with zero attached hydrogens (tertiary/aromatic N) is 3. The second-order valence-electron chi connectivity index (χ2n) is 8.13. The number of nitrogens with one attached hydrogen (secondary N) is 1. The molecule has 4 rings (SSSR count). The lowest BCUT2D eigenvalue weighted by Crippen LogP contribution is -2.49. The Morgan fingerprint density at radius 2 is 1.70 bits per heavy atom. The molecule has 174 valence electrons. The van der Waals surface area contributed by atoms with E-state index in [4.69, 9.17) is 4.74 Å². The first-order chi connectivity index (χ1) is 16.0. The van der Waals surface area contributed by atoms with Crippen molar-refractivity contribution in [1.82, 2.24) is 19.5 Å². The van der Waals surface area contributed by atoms with Gasteiger partial charge in [0, 0.05) is 57.7 Å². The van der Waals surface area contributed by atoms with Crippen molar-refractivity contribution in [3.8, 4) is 5.75 Å². The van der Waals surface area contributed by atoms with Gasteiger partial charge in [-0.25, -0.2) is 13.1 Å². The third-order valence-corrected chi connectivity index (χ3v) is 7.44. The molecule has 8 heteroatoms. The third kappa shape index (κ3) is 6.17. The molecule has 0 bridgehead atoms. The lowest BCUT2D eigenvalue weighted by atomic mass is 10.1. The highest BCUT2D eigenvalue weighted by molar-refractivity contribution is 7.89. The summed E-state index contributed by atoms with van der Waals surface area (Å²) in [5.74, 6) is 0.621. The summed E-state index contributed by atoms with van der Waals surface area (Å²) in [7, 11) is -2.09. The molecule has 0 unspecified atom stereocenters. The molecule has 0 amide bonds. The predicted octanol–water partition coefficient (Wildman–Crippen LogP) is 2.93. The summed E-state index contributed by atoms with van der Waals surface area (Å²) < 4.78 is 33.8. The van der Waals surface area contributed by atoms with Gasteiger partial charge in [-0.2, -0.15) is 0 Å². The molecule has 0 spiro atoms. The van der Waals surface area contributed by atoms with E-state index in [9.17, 15) is 8.42 Å². The van der Waals surface area contributed by atoms with Crippen LogP contribution in [0.25, 0.3) is 0 Å². The standard InChI is InChI=1S/C25H30N4O3S/c1-32-23-9-11-24(12-10-23)33(30,31)27-19-25(22-8-5-13-26-18-22)29-16-14-28(15-17-29)20-21-6-3-2-4-7-21/h2-13,18,25,27H,14-17,19-20H2,1H3/t25-/m0/s1. The Bertz CT molecular complexity index is 1100. The Morgan fingerprint density at radius 3 is 2.33 bits per heavy atom. The summed E-state index contributed by atoms with van der Waals surface area (Å²) in [5.41, 5.74) is 2.31. The van der Waals surface area contributed by atoms with Crippen LogP contribution >= 0.6 is 0 Å². The highest BCUT2D eigenvalue weighted by Gasteiger charge is 2.27. The van der Waals surface area contributed by atoms with Gasteiger partial charge in [-0.3, -0.25) is 14.8 Å². The molecule has 2 aromatic carbocycles. The smallest absolute Gasteiger partial charge is 0.240 e. The third-order valence-electron chi connectivity index (χ3n) is 6.00. The van der Waals surface area contributed by atoms with E-state index in [0.717, 1.165) is 38.3 Å². The Balaban J connectivity index is 1.43. The average Bonchev–Trinajstić information content (AvgIpc) is 2.86. The van der Waals surface area contributed by atoms with Gasteiger partial charge in [0.2, 0.25) is 10.0 Å². The van der Waals surface area contributed by atoms with E-state index in [2.05, 4.69) is 43.8 Å².